The Kier molecular flexibility index (Phi) is 4.42. The van der Waals surface area contributed by atoms with Crippen molar-refractivity contribution in [1.82, 2.24) is 9.97 Å². The van der Waals surface area contributed by atoms with Gasteiger partial charge in [0.05, 0.1) is 9.95 Å². The van der Waals surface area contributed by atoms with Crippen LogP contribution >= 0.6 is 39.1 Å². The molecule has 0 amide bonds. The van der Waals surface area contributed by atoms with E-state index in [9.17, 15) is 10.1 Å². The second-order valence-corrected chi connectivity index (χ2v) is 5.33. The van der Waals surface area contributed by atoms with Gasteiger partial charge in [-0.1, -0.05) is 27.5 Å². The van der Waals surface area contributed by atoms with Crippen molar-refractivity contribution < 1.29 is 9.66 Å². The Bertz CT molecular complexity index is 697. The highest BCUT2D eigenvalue weighted by atomic mass is 79.9. The lowest BCUT2D eigenvalue weighted by Crippen LogP contribution is -2.01. The summed E-state index contributed by atoms with van der Waals surface area (Å²) < 4.78 is 6.14. The van der Waals surface area contributed by atoms with Crippen LogP contribution in [0.3, 0.4) is 0 Å². The highest BCUT2D eigenvalue weighted by Crippen LogP contribution is 2.36. The summed E-state index contributed by atoms with van der Waals surface area (Å²) >= 11 is 14.9. The average molecular weight is 379 g/mol. The predicted octanol–water partition coefficient (Wildman–Crippen LogP) is 4.55. The van der Waals surface area contributed by atoms with E-state index in [0.29, 0.717) is 0 Å². The molecule has 0 aliphatic carbocycles. The van der Waals surface area contributed by atoms with Gasteiger partial charge in [0.25, 0.3) is 0 Å². The van der Waals surface area contributed by atoms with E-state index < -0.39 is 4.92 Å². The maximum Gasteiger partial charge on any atom is 0.352 e. The van der Waals surface area contributed by atoms with Crippen molar-refractivity contribution in [3.8, 4) is 11.6 Å². The summed E-state index contributed by atoms with van der Waals surface area (Å²) in [5, 5.41) is 11.2. The Balaban J connectivity index is 2.50. The van der Waals surface area contributed by atoms with Crippen molar-refractivity contribution in [2.45, 2.75) is 6.92 Å². The molecule has 0 saturated heterocycles. The minimum atomic E-state index is -0.631. The molecule has 0 saturated carbocycles. The molecule has 9 heteroatoms. The van der Waals surface area contributed by atoms with Gasteiger partial charge >= 0.3 is 11.6 Å². The number of aryl methyl sites for hydroxylation is 1. The van der Waals surface area contributed by atoms with Gasteiger partial charge in [-0.3, -0.25) is 10.1 Å². The first-order valence-corrected chi connectivity index (χ1v) is 6.75. The molecule has 0 fully saturated rings. The number of hydrogen-bond donors (Lipinski definition) is 0. The Morgan fingerprint density at radius 3 is 2.65 bits per heavy atom. The number of nitro groups is 1. The lowest BCUT2D eigenvalue weighted by molar-refractivity contribution is -0.386. The van der Waals surface area contributed by atoms with E-state index in [4.69, 9.17) is 27.9 Å². The van der Waals surface area contributed by atoms with Gasteiger partial charge in [0, 0.05) is 4.47 Å². The normalized spacial score (nSPS) is 10.4. The van der Waals surface area contributed by atoms with E-state index >= 15 is 0 Å². The first-order valence-electron chi connectivity index (χ1n) is 5.20. The summed E-state index contributed by atoms with van der Waals surface area (Å²) in [6.07, 6.45) is 0. The summed E-state index contributed by atoms with van der Waals surface area (Å²) in [6.45, 7) is 1.45. The molecular weight excluding hydrogens is 373 g/mol. The van der Waals surface area contributed by atoms with Crippen LogP contribution in [0.1, 0.15) is 5.69 Å². The molecule has 104 valence electrons. The topological polar surface area (TPSA) is 78.2 Å². The average Bonchev–Trinajstić information content (AvgIpc) is 2.31. The molecule has 20 heavy (non-hydrogen) atoms. The molecule has 0 N–H and O–H groups in total. The molecule has 1 heterocycles. The molecular formula is C11H6BrCl2N3O3. The molecule has 0 unspecified atom stereocenters. The Labute approximate surface area is 132 Å². The summed E-state index contributed by atoms with van der Waals surface area (Å²) in [7, 11) is 0. The number of nitrogens with zero attached hydrogens (tertiary/aromatic N) is 3. The van der Waals surface area contributed by atoms with Crippen LogP contribution in [-0.2, 0) is 0 Å². The van der Waals surface area contributed by atoms with Gasteiger partial charge < -0.3 is 4.74 Å². The van der Waals surface area contributed by atoms with Crippen LogP contribution in [0.5, 0.6) is 11.6 Å². The number of aromatic nitrogens is 2. The number of halogens is 3. The molecule has 0 aliphatic rings. The lowest BCUT2D eigenvalue weighted by Gasteiger charge is -2.08. The van der Waals surface area contributed by atoms with Gasteiger partial charge in [-0.15, -0.1) is 0 Å². The fourth-order valence-corrected chi connectivity index (χ4v) is 2.37. The molecule has 0 spiro atoms. The van der Waals surface area contributed by atoms with E-state index in [1.165, 1.54) is 6.92 Å². The van der Waals surface area contributed by atoms with Crippen molar-refractivity contribution in [2.24, 2.45) is 0 Å². The van der Waals surface area contributed by atoms with Gasteiger partial charge in [-0.05, 0) is 36.7 Å². The Morgan fingerprint density at radius 2 is 2.05 bits per heavy atom. The molecule has 6 nitrogen and oxygen atoms in total. The summed E-state index contributed by atoms with van der Waals surface area (Å²) in [4.78, 5) is 17.9. The van der Waals surface area contributed by atoms with Gasteiger partial charge in [-0.25, -0.2) is 4.98 Å². The van der Waals surface area contributed by atoms with E-state index in [2.05, 4.69) is 25.9 Å². The monoisotopic (exact) mass is 377 g/mol. The predicted molar refractivity (Wildman–Crippen MR) is 77.7 cm³/mol. The van der Waals surface area contributed by atoms with E-state index in [1.54, 1.807) is 18.2 Å². The lowest BCUT2D eigenvalue weighted by atomic mass is 10.3. The van der Waals surface area contributed by atoms with E-state index in [-0.39, 0.29) is 33.3 Å². The van der Waals surface area contributed by atoms with Crippen LogP contribution in [0.15, 0.2) is 22.7 Å². The third-order valence-electron chi connectivity index (χ3n) is 2.28. The summed E-state index contributed by atoms with van der Waals surface area (Å²) in [5.41, 5.74) is -0.244. The number of ether oxygens (including phenoxy) is 1. The second-order valence-electron chi connectivity index (χ2n) is 3.67. The highest BCUT2D eigenvalue weighted by molar-refractivity contribution is 9.10. The van der Waals surface area contributed by atoms with Crippen molar-refractivity contribution in [3.63, 3.8) is 0 Å². The van der Waals surface area contributed by atoms with Crippen LogP contribution in [0, 0.1) is 17.0 Å². The van der Waals surface area contributed by atoms with Crippen LogP contribution in [0.25, 0.3) is 0 Å². The zero-order valence-corrected chi connectivity index (χ0v) is 13.0. The zero-order chi connectivity index (χ0) is 14.9. The van der Waals surface area contributed by atoms with Gasteiger partial charge in [0.1, 0.15) is 11.4 Å². The molecule has 2 aromatic rings. The zero-order valence-electron chi connectivity index (χ0n) is 9.93. The maximum absolute atomic E-state index is 11.0. The minimum absolute atomic E-state index is 0.109. The number of hydrogen-bond acceptors (Lipinski definition) is 5. The molecule has 2 rings (SSSR count). The molecule has 0 aliphatic heterocycles. The van der Waals surface area contributed by atoms with Gasteiger partial charge in [0.15, 0.2) is 0 Å². The second kappa shape index (κ2) is 5.90. The van der Waals surface area contributed by atoms with Crippen molar-refractivity contribution in [1.29, 1.82) is 0 Å². The molecule has 0 radical (unpaired) electrons. The summed E-state index contributed by atoms with van der Waals surface area (Å²) in [5.74, 6) is -0.0242. The smallest absolute Gasteiger partial charge is 0.352 e. The van der Waals surface area contributed by atoms with Crippen LogP contribution in [0.2, 0.25) is 10.3 Å². The number of rotatable bonds is 3. The molecule has 1 aromatic heterocycles. The minimum Gasteiger partial charge on any atom is -0.432 e. The van der Waals surface area contributed by atoms with Crippen molar-refractivity contribution >= 4 is 44.8 Å². The quantitative estimate of drug-likeness (QED) is 0.444. The van der Waals surface area contributed by atoms with Crippen molar-refractivity contribution in [2.75, 3.05) is 0 Å². The largest absolute Gasteiger partial charge is 0.432 e. The first-order chi connectivity index (χ1) is 9.38. The SMILES string of the molecule is Cc1nc(Cl)nc(Oc2ccc(Br)cc2Cl)c1[N+](=O)[O-]. The molecule has 1 aromatic carbocycles. The summed E-state index contributed by atoms with van der Waals surface area (Å²) in [6, 6.07) is 4.84. The van der Waals surface area contributed by atoms with E-state index in [1.807, 2.05) is 0 Å². The van der Waals surface area contributed by atoms with Crippen LogP contribution in [0.4, 0.5) is 5.69 Å². The third kappa shape index (κ3) is 3.17. The van der Waals surface area contributed by atoms with E-state index in [0.717, 1.165) is 4.47 Å². The fraction of sp³-hybridized carbons (Fsp3) is 0.0909. The van der Waals surface area contributed by atoms with Gasteiger partial charge in [-0.2, -0.15) is 4.98 Å². The van der Waals surface area contributed by atoms with Gasteiger partial charge in [0.2, 0.25) is 5.28 Å². The van der Waals surface area contributed by atoms with Crippen LogP contribution in [-0.4, -0.2) is 14.9 Å². The third-order valence-corrected chi connectivity index (χ3v) is 3.24. The Morgan fingerprint density at radius 1 is 1.35 bits per heavy atom. The van der Waals surface area contributed by atoms with Crippen molar-refractivity contribution in [3.05, 3.63) is 48.8 Å². The highest BCUT2D eigenvalue weighted by Gasteiger charge is 2.24. The first kappa shape index (κ1) is 15.0. The molecule has 0 bridgehead atoms. The Hall–Kier alpha value is -1.44. The molecule has 0 atom stereocenters. The maximum atomic E-state index is 11.0. The fourth-order valence-electron chi connectivity index (χ4n) is 1.45. The standard InChI is InChI=1S/C11H6BrCl2N3O3/c1-5-9(17(18)19)10(16-11(14)15-5)20-8-3-2-6(12)4-7(8)13/h2-4H,1H3. The van der Waals surface area contributed by atoms with Crippen LogP contribution < -0.4 is 4.74 Å². The number of benzene rings is 1.